The summed E-state index contributed by atoms with van der Waals surface area (Å²) in [6, 6.07) is 6.85. The van der Waals surface area contributed by atoms with E-state index in [9.17, 15) is 4.39 Å². The molecule has 3 heteroatoms. The monoisotopic (exact) mass is 290 g/mol. The highest BCUT2D eigenvalue weighted by Crippen LogP contribution is 2.21. The van der Waals surface area contributed by atoms with E-state index in [0.29, 0.717) is 11.6 Å². The molecule has 0 aliphatic heterocycles. The van der Waals surface area contributed by atoms with Crippen LogP contribution in [-0.4, -0.2) is 6.04 Å². The van der Waals surface area contributed by atoms with Crippen LogP contribution in [0.1, 0.15) is 70.8 Å². The predicted molar refractivity (Wildman–Crippen MR) is 86.8 cm³/mol. The summed E-state index contributed by atoms with van der Waals surface area (Å²) in [4.78, 5) is 0. The second kappa shape index (κ2) is 10.2. The molecule has 0 saturated carbocycles. The lowest BCUT2D eigenvalue weighted by atomic mass is 10.0. The Morgan fingerprint density at radius 3 is 2.24 bits per heavy atom. The maximum absolute atomic E-state index is 13.2. The molecule has 1 rings (SSSR count). The molecule has 1 aromatic carbocycles. The van der Waals surface area contributed by atoms with Gasteiger partial charge in [0.1, 0.15) is 11.9 Å². The number of nitrogens with zero attached hydrogens (tertiary/aromatic N) is 1. The third-order valence-corrected chi connectivity index (χ3v) is 3.77. The lowest BCUT2D eigenvalue weighted by Crippen LogP contribution is -2.20. The number of unbranched alkanes of at least 4 members (excludes halogenated alkanes) is 4. The van der Waals surface area contributed by atoms with Crippen LogP contribution in [0.5, 0.6) is 0 Å². The number of hydrogen-bond donors (Lipinski definition) is 1. The fraction of sp³-hybridized carbons (Fsp3) is 0.611. The number of rotatable bonds is 10. The molecule has 21 heavy (non-hydrogen) atoms. The molecule has 2 nitrogen and oxygen atoms in total. The van der Waals surface area contributed by atoms with Crippen molar-refractivity contribution in [3.63, 3.8) is 0 Å². The Kier molecular flexibility index (Phi) is 8.50. The van der Waals surface area contributed by atoms with E-state index >= 15 is 0 Å². The Labute approximate surface area is 128 Å². The van der Waals surface area contributed by atoms with E-state index in [1.54, 1.807) is 6.07 Å². The first-order chi connectivity index (χ1) is 10.2. The average Bonchev–Trinajstić information content (AvgIpc) is 2.49. The molecule has 0 aliphatic rings. The lowest BCUT2D eigenvalue weighted by molar-refractivity contribution is 0.526. The van der Waals surface area contributed by atoms with E-state index in [2.05, 4.69) is 25.2 Å². The first-order valence-electron chi connectivity index (χ1n) is 8.17. The van der Waals surface area contributed by atoms with Crippen molar-refractivity contribution in [1.29, 1.82) is 5.26 Å². The van der Waals surface area contributed by atoms with Crippen molar-refractivity contribution < 1.29 is 4.39 Å². The smallest absolute Gasteiger partial charge is 0.124 e. The maximum atomic E-state index is 13.2. The van der Waals surface area contributed by atoms with Gasteiger partial charge < -0.3 is 5.32 Å². The minimum absolute atomic E-state index is 0.356. The van der Waals surface area contributed by atoms with Gasteiger partial charge in [0, 0.05) is 6.04 Å². The van der Waals surface area contributed by atoms with Crippen molar-refractivity contribution in [3.8, 4) is 6.07 Å². The highest BCUT2D eigenvalue weighted by atomic mass is 19.1. The molecule has 0 radical (unpaired) electrons. The zero-order valence-corrected chi connectivity index (χ0v) is 13.3. The van der Waals surface area contributed by atoms with Gasteiger partial charge in [0.05, 0.1) is 11.3 Å². The van der Waals surface area contributed by atoms with Gasteiger partial charge in [-0.1, -0.05) is 52.4 Å². The Balaban J connectivity index is 2.67. The molecule has 0 unspecified atom stereocenters. The zero-order chi connectivity index (χ0) is 15.5. The molecule has 1 N–H and O–H groups in total. The summed E-state index contributed by atoms with van der Waals surface area (Å²) >= 11 is 0. The van der Waals surface area contributed by atoms with E-state index in [1.807, 2.05) is 0 Å². The average molecular weight is 290 g/mol. The summed E-state index contributed by atoms with van der Waals surface area (Å²) in [5.74, 6) is -0.356. The third-order valence-electron chi connectivity index (χ3n) is 3.77. The van der Waals surface area contributed by atoms with Crippen molar-refractivity contribution >= 4 is 5.69 Å². The van der Waals surface area contributed by atoms with Gasteiger partial charge in [0.2, 0.25) is 0 Å². The van der Waals surface area contributed by atoms with Crippen molar-refractivity contribution in [3.05, 3.63) is 29.6 Å². The van der Waals surface area contributed by atoms with Gasteiger partial charge in [-0.05, 0) is 31.0 Å². The number of nitrogens with one attached hydrogen (secondary N) is 1. The van der Waals surface area contributed by atoms with Crippen molar-refractivity contribution in [2.24, 2.45) is 0 Å². The number of hydrogen-bond acceptors (Lipinski definition) is 2. The first kappa shape index (κ1) is 17.5. The molecule has 0 bridgehead atoms. The number of halogens is 1. The van der Waals surface area contributed by atoms with Gasteiger partial charge in [0.25, 0.3) is 0 Å². The van der Waals surface area contributed by atoms with Crippen LogP contribution in [-0.2, 0) is 0 Å². The van der Waals surface area contributed by atoms with Gasteiger partial charge >= 0.3 is 0 Å². The molecular weight excluding hydrogens is 263 g/mol. The summed E-state index contributed by atoms with van der Waals surface area (Å²) in [6.07, 6.45) is 9.51. The van der Waals surface area contributed by atoms with E-state index in [4.69, 9.17) is 5.26 Å². The maximum Gasteiger partial charge on any atom is 0.124 e. The molecule has 0 aliphatic carbocycles. The molecular formula is C18H27FN2. The molecule has 0 fully saturated rings. The van der Waals surface area contributed by atoms with E-state index < -0.39 is 0 Å². The molecule has 116 valence electrons. The van der Waals surface area contributed by atoms with Gasteiger partial charge in [0.15, 0.2) is 0 Å². The predicted octanol–water partition coefficient (Wildman–Crippen LogP) is 5.64. The zero-order valence-electron chi connectivity index (χ0n) is 13.3. The molecule has 0 amide bonds. The van der Waals surface area contributed by atoms with E-state index in [-0.39, 0.29) is 5.82 Å². The molecule has 0 atom stereocenters. The third kappa shape index (κ3) is 6.62. The highest BCUT2D eigenvalue weighted by molar-refractivity contribution is 5.57. The van der Waals surface area contributed by atoms with Crippen LogP contribution < -0.4 is 5.32 Å². The van der Waals surface area contributed by atoms with Gasteiger partial charge in [-0.3, -0.25) is 0 Å². The minimum Gasteiger partial charge on any atom is -0.381 e. The number of benzene rings is 1. The van der Waals surface area contributed by atoms with Crippen LogP contribution in [0.25, 0.3) is 0 Å². The Morgan fingerprint density at radius 2 is 1.71 bits per heavy atom. The van der Waals surface area contributed by atoms with Crippen LogP contribution in [0.15, 0.2) is 18.2 Å². The first-order valence-corrected chi connectivity index (χ1v) is 8.17. The van der Waals surface area contributed by atoms with Crippen LogP contribution in [0.4, 0.5) is 10.1 Å². The quantitative estimate of drug-likeness (QED) is 0.566. The fourth-order valence-corrected chi connectivity index (χ4v) is 2.52. The van der Waals surface area contributed by atoms with Gasteiger partial charge in [-0.25, -0.2) is 4.39 Å². The Hall–Kier alpha value is -1.56. The standard InChI is InChI=1S/C18H27FN2/c1-3-5-7-9-17(10-8-6-4-2)21-18-12-11-16(19)13-15(18)14-20/h11-13,17,21H,3-10H2,1-2H3. The Morgan fingerprint density at radius 1 is 1.10 bits per heavy atom. The topological polar surface area (TPSA) is 35.8 Å². The normalized spacial score (nSPS) is 10.6. The van der Waals surface area contributed by atoms with Crippen molar-refractivity contribution in [2.45, 2.75) is 71.3 Å². The summed E-state index contributed by atoms with van der Waals surface area (Å²) in [5, 5.41) is 12.6. The second-order valence-electron chi connectivity index (χ2n) is 5.63. The Bertz CT molecular complexity index is 441. The van der Waals surface area contributed by atoms with Gasteiger partial charge in [-0.15, -0.1) is 0 Å². The summed E-state index contributed by atoms with van der Waals surface area (Å²) in [7, 11) is 0. The fourth-order valence-electron chi connectivity index (χ4n) is 2.52. The number of nitriles is 1. The second-order valence-corrected chi connectivity index (χ2v) is 5.63. The summed E-state index contributed by atoms with van der Waals surface area (Å²) in [6.45, 7) is 4.40. The van der Waals surface area contributed by atoms with Crippen LogP contribution in [0.2, 0.25) is 0 Å². The molecule has 1 aromatic rings. The van der Waals surface area contributed by atoms with Crippen molar-refractivity contribution in [2.75, 3.05) is 5.32 Å². The van der Waals surface area contributed by atoms with Crippen LogP contribution in [0.3, 0.4) is 0 Å². The molecule has 0 heterocycles. The van der Waals surface area contributed by atoms with Crippen LogP contribution in [0, 0.1) is 17.1 Å². The van der Waals surface area contributed by atoms with Crippen molar-refractivity contribution in [1.82, 2.24) is 0 Å². The number of anilines is 1. The molecule has 0 saturated heterocycles. The van der Waals surface area contributed by atoms with Gasteiger partial charge in [-0.2, -0.15) is 5.26 Å². The molecule has 0 aromatic heterocycles. The van der Waals surface area contributed by atoms with E-state index in [1.165, 1.54) is 50.7 Å². The largest absolute Gasteiger partial charge is 0.381 e. The lowest BCUT2D eigenvalue weighted by Gasteiger charge is -2.20. The highest BCUT2D eigenvalue weighted by Gasteiger charge is 2.11. The van der Waals surface area contributed by atoms with Crippen LogP contribution >= 0.6 is 0 Å². The SMILES string of the molecule is CCCCCC(CCCCC)Nc1ccc(F)cc1C#N. The summed E-state index contributed by atoms with van der Waals surface area (Å²) < 4.78 is 13.2. The minimum atomic E-state index is -0.356. The van der Waals surface area contributed by atoms with E-state index in [0.717, 1.165) is 18.5 Å². The molecule has 0 spiro atoms. The summed E-state index contributed by atoms with van der Waals surface area (Å²) in [5.41, 5.74) is 1.16.